The van der Waals surface area contributed by atoms with Crippen LogP contribution in [0, 0.1) is 0 Å². The molecule has 31 heavy (non-hydrogen) atoms. The first-order chi connectivity index (χ1) is 15.1. The zero-order valence-electron chi connectivity index (χ0n) is 17.4. The van der Waals surface area contributed by atoms with Gasteiger partial charge in [-0.05, 0) is 42.2 Å². The molecule has 0 aliphatic carbocycles. The third-order valence-corrected chi connectivity index (χ3v) is 8.17. The lowest BCUT2D eigenvalue weighted by Gasteiger charge is -2.41. The second kappa shape index (κ2) is 8.46. The van der Waals surface area contributed by atoms with Crippen LogP contribution in [0.3, 0.4) is 0 Å². The number of anilines is 1. The van der Waals surface area contributed by atoms with Gasteiger partial charge in [-0.2, -0.15) is 4.31 Å². The van der Waals surface area contributed by atoms with Crippen molar-refractivity contribution in [2.24, 2.45) is 0 Å². The number of ether oxygens (including phenoxy) is 1. The molecule has 0 bridgehead atoms. The van der Waals surface area contributed by atoms with Crippen LogP contribution in [0.5, 0.6) is 0 Å². The van der Waals surface area contributed by atoms with Gasteiger partial charge < -0.3 is 9.64 Å². The molecule has 3 aromatic carbocycles. The Morgan fingerprint density at radius 2 is 1.42 bits per heavy atom. The highest BCUT2D eigenvalue weighted by Gasteiger charge is 2.33. The molecule has 0 atom stereocenters. The van der Waals surface area contributed by atoms with E-state index in [1.54, 1.807) is 16.4 Å². The number of hydrogen-bond donors (Lipinski definition) is 0. The summed E-state index contributed by atoms with van der Waals surface area (Å²) in [5.41, 5.74) is 4.51. The number of piperidine rings is 1. The van der Waals surface area contributed by atoms with Crippen molar-refractivity contribution in [1.82, 2.24) is 4.31 Å². The number of benzene rings is 3. The summed E-state index contributed by atoms with van der Waals surface area (Å²) in [5, 5.41) is 0. The van der Waals surface area contributed by atoms with E-state index in [1.807, 2.05) is 48.5 Å². The largest absolute Gasteiger partial charge is 0.356 e. The lowest BCUT2D eigenvalue weighted by molar-refractivity contribution is 0.0988. The quantitative estimate of drug-likeness (QED) is 0.607. The van der Waals surface area contributed by atoms with E-state index in [4.69, 9.17) is 4.74 Å². The molecule has 5 rings (SSSR count). The topological polar surface area (TPSA) is 49.9 Å². The molecule has 0 aromatic heterocycles. The summed E-state index contributed by atoms with van der Waals surface area (Å²) in [6.45, 7) is 2.24. The Morgan fingerprint density at radius 3 is 2.16 bits per heavy atom. The van der Waals surface area contributed by atoms with E-state index in [0.29, 0.717) is 31.3 Å². The number of sulfonamides is 1. The van der Waals surface area contributed by atoms with Gasteiger partial charge in [-0.1, -0.05) is 60.7 Å². The normalized spacial score (nSPS) is 18.0. The Morgan fingerprint density at radius 1 is 0.774 bits per heavy atom. The van der Waals surface area contributed by atoms with Gasteiger partial charge >= 0.3 is 0 Å². The molecule has 0 spiro atoms. The Hall–Kier alpha value is -2.67. The fraction of sp³-hybridized carbons (Fsp3) is 0.280. The van der Waals surface area contributed by atoms with Crippen LogP contribution < -0.4 is 4.90 Å². The molecular formula is C25H26N2O3S. The second-order valence-electron chi connectivity index (χ2n) is 8.10. The van der Waals surface area contributed by atoms with Gasteiger partial charge in [0, 0.05) is 30.4 Å². The molecule has 0 unspecified atom stereocenters. The molecule has 0 radical (unpaired) electrons. The fourth-order valence-corrected chi connectivity index (χ4v) is 6.00. The maximum Gasteiger partial charge on any atom is 0.243 e. The molecule has 2 heterocycles. The number of rotatable bonds is 4. The predicted octanol–water partition coefficient (Wildman–Crippen LogP) is 4.50. The van der Waals surface area contributed by atoms with Crippen molar-refractivity contribution in [2.45, 2.75) is 30.4 Å². The Labute approximate surface area is 183 Å². The summed E-state index contributed by atoms with van der Waals surface area (Å²) in [5.74, 6) is 0. The minimum absolute atomic E-state index is 0.286. The van der Waals surface area contributed by atoms with Gasteiger partial charge in [0.1, 0.15) is 6.73 Å². The van der Waals surface area contributed by atoms with Crippen molar-refractivity contribution in [2.75, 3.05) is 24.7 Å². The number of hydrogen-bond acceptors (Lipinski definition) is 4. The summed E-state index contributed by atoms with van der Waals surface area (Å²) in [7, 11) is -3.49. The van der Waals surface area contributed by atoms with Crippen LogP contribution in [0.15, 0.2) is 83.8 Å². The van der Waals surface area contributed by atoms with E-state index in [9.17, 15) is 8.42 Å². The van der Waals surface area contributed by atoms with Gasteiger partial charge in [0.25, 0.3) is 0 Å². The monoisotopic (exact) mass is 434 g/mol. The third-order valence-electron chi connectivity index (χ3n) is 6.25. The number of para-hydroxylation sites is 1. The van der Waals surface area contributed by atoms with Crippen LogP contribution in [-0.2, 0) is 21.4 Å². The fourth-order valence-electron chi connectivity index (χ4n) is 4.53. The van der Waals surface area contributed by atoms with Crippen molar-refractivity contribution in [3.63, 3.8) is 0 Å². The molecule has 0 N–H and O–H groups in total. The Balaban J connectivity index is 1.28. The van der Waals surface area contributed by atoms with Gasteiger partial charge in [0.05, 0.1) is 11.5 Å². The molecule has 1 saturated heterocycles. The van der Waals surface area contributed by atoms with Crippen molar-refractivity contribution < 1.29 is 13.2 Å². The van der Waals surface area contributed by atoms with Gasteiger partial charge in [-0.15, -0.1) is 0 Å². The van der Waals surface area contributed by atoms with Crippen LogP contribution in [-0.4, -0.2) is 38.6 Å². The number of fused-ring (bicyclic) bond motifs is 1. The van der Waals surface area contributed by atoms with Crippen molar-refractivity contribution in [1.29, 1.82) is 0 Å². The van der Waals surface area contributed by atoms with Gasteiger partial charge in [0.2, 0.25) is 10.0 Å². The average molecular weight is 435 g/mol. The third kappa shape index (κ3) is 3.99. The van der Waals surface area contributed by atoms with Gasteiger partial charge in [-0.25, -0.2) is 8.42 Å². The first-order valence-electron chi connectivity index (χ1n) is 10.7. The maximum absolute atomic E-state index is 13.2. The van der Waals surface area contributed by atoms with Crippen molar-refractivity contribution in [3.8, 4) is 11.1 Å². The molecule has 0 amide bonds. The summed E-state index contributed by atoms with van der Waals surface area (Å²) in [4.78, 5) is 2.65. The van der Waals surface area contributed by atoms with E-state index >= 15 is 0 Å². The van der Waals surface area contributed by atoms with Crippen LogP contribution in [0.1, 0.15) is 18.4 Å². The molecule has 1 fully saturated rings. The van der Waals surface area contributed by atoms with Crippen molar-refractivity contribution in [3.05, 3.63) is 84.4 Å². The number of nitrogens with zero attached hydrogens (tertiary/aromatic N) is 2. The molecular weight excluding hydrogens is 408 g/mol. The summed E-state index contributed by atoms with van der Waals surface area (Å²) in [6, 6.07) is 25.8. The van der Waals surface area contributed by atoms with Crippen LogP contribution in [0.4, 0.5) is 5.69 Å². The zero-order valence-corrected chi connectivity index (χ0v) is 18.2. The first-order valence-corrected chi connectivity index (χ1v) is 12.1. The minimum Gasteiger partial charge on any atom is -0.356 e. The molecule has 2 aliphatic heterocycles. The van der Waals surface area contributed by atoms with Gasteiger partial charge in [-0.3, -0.25) is 0 Å². The molecule has 160 valence electrons. The highest BCUT2D eigenvalue weighted by molar-refractivity contribution is 7.89. The van der Waals surface area contributed by atoms with Crippen molar-refractivity contribution >= 4 is 15.7 Å². The van der Waals surface area contributed by atoms with E-state index in [2.05, 4.69) is 23.1 Å². The minimum atomic E-state index is -3.49. The summed E-state index contributed by atoms with van der Waals surface area (Å²) < 4.78 is 33.8. The highest BCUT2D eigenvalue weighted by Crippen LogP contribution is 2.32. The summed E-state index contributed by atoms with van der Waals surface area (Å²) in [6.07, 6.45) is 1.58. The predicted molar refractivity (Wildman–Crippen MR) is 122 cm³/mol. The maximum atomic E-state index is 13.2. The average Bonchev–Trinajstić information content (AvgIpc) is 2.84. The molecule has 5 nitrogen and oxygen atoms in total. The van der Waals surface area contributed by atoms with Crippen LogP contribution >= 0.6 is 0 Å². The smallest absolute Gasteiger partial charge is 0.243 e. The second-order valence-corrected chi connectivity index (χ2v) is 10.0. The zero-order chi connectivity index (χ0) is 21.3. The molecule has 6 heteroatoms. The van der Waals surface area contributed by atoms with E-state index in [0.717, 1.165) is 24.0 Å². The molecule has 0 saturated carbocycles. The van der Waals surface area contributed by atoms with E-state index < -0.39 is 10.0 Å². The van der Waals surface area contributed by atoms with Gasteiger partial charge in [0.15, 0.2) is 0 Å². The van der Waals surface area contributed by atoms with E-state index in [1.165, 1.54) is 11.3 Å². The molecule has 3 aromatic rings. The summed E-state index contributed by atoms with van der Waals surface area (Å²) >= 11 is 0. The Bertz CT molecular complexity index is 1140. The lowest BCUT2D eigenvalue weighted by Crippen LogP contribution is -2.48. The first kappa shape index (κ1) is 20.2. The SMILES string of the molecule is O=S(=O)(c1ccc(-c2ccccc2)cc1)N1CCC(N2COCc3ccccc32)CC1. The lowest BCUT2D eigenvalue weighted by atomic mass is 10.0. The van der Waals surface area contributed by atoms with Crippen LogP contribution in [0.2, 0.25) is 0 Å². The molecule has 2 aliphatic rings. The highest BCUT2D eigenvalue weighted by atomic mass is 32.2. The Kier molecular flexibility index (Phi) is 5.52. The van der Waals surface area contributed by atoms with E-state index in [-0.39, 0.29) is 6.04 Å². The van der Waals surface area contributed by atoms with Crippen LogP contribution in [0.25, 0.3) is 11.1 Å². The standard InChI is InChI=1S/C25H26N2O3S/c28-31(29,24-12-10-21(11-13-24)20-6-2-1-3-7-20)26-16-14-23(15-17-26)27-19-30-18-22-8-4-5-9-25(22)27/h1-13,23H,14-19H2.